The highest BCUT2D eigenvalue weighted by Gasteiger charge is 1.99. The van der Waals surface area contributed by atoms with Crippen LogP contribution in [0.3, 0.4) is 0 Å². The van der Waals surface area contributed by atoms with E-state index in [9.17, 15) is 4.79 Å². The Morgan fingerprint density at radius 1 is 1.31 bits per heavy atom. The first-order chi connectivity index (χ1) is 7.74. The smallest absolute Gasteiger partial charge is 0.129 e. The van der Waals surface area contributed by atoms with E-state index in [-0.39, 0.29) is 5.78 Å². The SMILES string of the molecule is CO/C(=C\CCCC(C)=O)c1ccccc1. The van der Waals surface area contributed by atoms with Crippen molar-refractivity contribution < 1.29 is 9.53 Å². The first-order valence-corrected chi connectivity index (χ1v) is 5.53. The van der Waals surface area contributed by atoms with Gasteiger partial charge >= 0.3 is 0 Å². The van der Waals surface area contributed by atoms with Gasteiger partial charge in [-0.05, 0) is 25.8 Å². The predicted molar refractivity (Wildman–Crippen MR) is 66.0 cm³/mol. The summed E-state index contributed by atoms with van der Waals surface area (Å²) in [5, 5.41) is 0. The Hall–Kier alpha value is -1.57. The Balaban J connectivity index is 2.54. The van der Waals surface area contributed by atoms with Crippen molar-refractivity contribution >= 4 is 11.5 Å². The van der Waals surface area contributed by atoms with E-state index < -0.39 is 0 Å². The summed E-state index contributed by atoms with van der Waals surface area (Å²) in [5.74, 6) is 1.12. The summed E-state index contributed by atoms with van der Waals surface area (Å²) < 4.78 is 5.32. The van der Waals surface area contributed by atoms with E-state index in [2.05, 4.69) is 0 Å². The van der Waals surface area contributed by atoms with Crippen LogP contribution in [0.5, 0.6) is 0 Å². The fourth-order valence-corrected chi connectivity index (χ4v) is 1.51. The molecular formula is C14H18O2. The number of carbonyl (C=O) groups is 1. The molecule has 2 heteroatoms. The second-order valence-electron chi connectivity index (χ2n) is 3.73. The highest BCUT2D eigenvalue weighted by Crippen LogP contribution is 2.15. The van der Waals surface area contributed by atoms with Gasteiger partial charge in [0.2, 0.25) is 0 Å². The molecule has 0 aliphatic heterocycles. The molecular weight excluding hydrogens is 200 g/mol. The number of carbonyl (C=O) groups excluding carboxylic acids is 1. The molecule has 2 nitrogen and oxygen atoms in total. The van der Waals surface area contributed by atoms with Gasteiger partial charge in [0, 0.05) is 12.0 Å². The van der Waals surface area contributed by atoms with E-state index in [0.717, 1.165) is 24.2 Å². The number of methoxy groups -OCH3 is 1. The Labute approximate surface area is 96.9 Å². The molecule has 0 saturated carbocycles. The van der Waals surface area contributed by atoms with Crippen molar-refractivity contribution in [3.63, 3.8) is 0 Å². The van der Waals surface area contributed by atoms with Crippen molar-refractivity contribution in [2.45, 2.75) is 26.2 Å². The fourth-order valence-electron chi connectivity index (χ4n) is 1.51. The molecule has 1 aromatic rings. The summed E-state index contributed by atoms with van der Waals surface area (Å²) >= 11 is 0. The van der Waals surface area contributed by atoms with Crippen LogP contribution < -0.4 is 0 Å². The van der Waals surface area contributed by atoms with Gasteiger partial charge in [-0.15, -0.1) is 0 Å². The molecule has 0 bridgehead atoms. The normalized spacial score (nSPS) is 11.2. The van der Waals surface area contributed by atoms with Crippen molar-refractivity contribution in [2.24, 2.45) is 0 Å². The standard InChI is InChI=1S/C14H18O2/c1-12(15)8-6-7-11-14(16-2)13-9-4-3-5-10-13/h3-5,9-11H,6-8H2,1-2H3/b14-11-. The lowest BCUT2D eigenvalue weighted by atomic mass is 10.1. The third-order valence-electron chi connectivity index (χ3n) is 2.34. The van der Waals surface area contributed by atoms with E-state index >= 15 is 0 Å². The number of benzene rings is 1. The molecule has 0 unspecified atom stereocenters. The van der Waals surface area contributed by atoms with Crippen LogP contribution in [0.25, 0.3) is 5.76 Å². The Bertz CT molecular complexity index is 352. The van der Waals surface area contributed by atoms with Crippen LogP contribution in [0, 0.1) is 0 Å². The minimum absolute atomic E-state index is 0.243. The van der Waals surface area contributed by atoms with Crippen LogP contribution in [0.15, 0.2) is 36.4 Å². The number of allylic oxidation sites excluding steroid dienone is 1. The van der Waals surface area contributed by atoms with Crippen LogP contribution in [0.1, 0.15) is 31.7 Å². The van der Waals surface area contributed by atoms with Gasteiger partial charge in [0.25, 0.3) is 0 Å². The minimum atomic E-state index is 0.243. The molecule has 0 radical (unpaired) electrons. The summed E-state index contributed by atoms with van der Waals surface area (Å²) in [5.41, 5.74) is 1.08. The second kappa shape index (κ2) is 6.83. The van der Waals surface area contributed by atoms with Gasteiger partial charge in [0.05, 0.1) is 7.11 Å². The zero-order valence-electron chi connectivity index (χ0n) is 9.90. The fraction of sp³-hybridized carbons (Fsp3) is 0.357. The van der Waals surface area contributed by atoms with Gasteiger partial charge in [-0.1, -0.05) is 30.3 Å². The van der Waals surface area contributed by atoms with Crippen LogP contribution in [-0.2, 0) is 9.53 Å². The van der Waals surface area contributed by atoms with Gasteiger partial charge in [-0.2, -0.15) is 0 Å². The highest BCUT2D eigenvalue weighted by atomic mass is 16.5. The third kappa shape index (κ3) is 4.30. The maximum atomic E-state index is 10.8. The Kier molecular flexibility index (Phi) is 5.34. The Morgan fingerprint density at radius 3 is 2.56 bits per heavy atom. The lowest BCUT2D eigenvalue weighted by Gasteiger charge is -2.05. The van der Waals surface area contributed by atoms with Crippen LogP contribution >= 0.6 is 0 Å². The number of Topliss-reactive ketones (excluding diaryl/α,β-unsaturated/α-hetero) is 1. The molecule has 0 atom stereocenters. The summed E-state index contributed by atoms with van der Waals surface area (Å²) in [6.07, 6.45) is 4.44. The lowest BCUT2D eigenvalue weighted by Crippen LogP contribution is -1.90. The Morgan fingerprint density at radius 2 is 2.00 bits per heavy atom. The van der Waals surface area contributed by atoms with Crippen LogP contribution in [-0.4, -0.2) is 12.9 Å². The van der Waals surface area contributed by atoms with E-state index in [1.54, 1.807) is 14.0 Å². The molecule has 0 heterocycles. The molecule has 86 valence electrons. The highest BCUT2D eigenvalue weighted by molar-refractivity contribution is 5.75. The zero-order chi connectivity index (χ0) is 11.8. The number of unbranched alkanes of at least 4 members (excludes halogenated alkanes) is 1. The molecule has 0 saturated heterocycles. The van der Waals surface area contributed by atoms with E-state index in [1.807, 2.05) is 36.4 Å². The third-order valence-corrected chi connectivity index (χ3v) is 2.34. The molecule has 0 spiro atoms. The maximum Gasteiger partial charge on any atom is 0.129 e. The molecule has 1 rings (SSSR count). The van der Waals surface area contributed by atoms with Gasteiger partial charge < -0.3 is 9.53 Å². The number of hydrogen-bond acceptors (Lipinski definition) is 2. The number of ketones is 1. The first-order valence-electron chi connectivity index (χ1n) is 5.53. The van der Waals surface area contributed by atoms with Crippen molar-refractivity contribution in [1.29, 1.82) is 0 Å². The average Bonchev–Trinajstić information content (AvgIpc) is 2.30. The molecule has 0 aliphatic rings. The molecule has 0 N–H and O–H groups in total. The summed E-state index contributed by atoms with van der Waals surface area (Å²) in [6.45, 7) is 1.62. The van der Waals surface area contributed by atoms with Crippen molar-refractivity contribution in [3.8, 4) is 0 Å². The predicted octanol–water partition coefficient (Wildman–Crippen LogP) is 3.43. The number of rotatable bonds is 6. The van der Waals surface area contributed by atoms with Crippen molar-refractivity contribution in [2.75, 3.05) is 7.11 Å². The van der Waals surface area contributed by atoms with Gasteiger partial charge in [-0.3, -0.25) is 0 Å². The second-order valence-corrected chi connectivity index (χ2v) is 3.73. The van der Waals surface area contributed by atoms with Crippen molar-refractivity contribution in [1.82, 2.24) is 0 Å². The molecule has 1 aromatic carbocycles. The summed E-state index contributed by atoms with van der Waals surface area (Å²) in [4.78, 5) is 10.8. The van der Waals surface area contributed by atoms with Crippen LogP contribution in [0.2, 0.25) is 0 Å². The quantitative estimate of drug-likeness (QED) is 0.540. The first kappa shape index (κ1) is 12.5. The zero-order valence-corrected chi connectivity index (χ0v) is 9.90. The molecule has 0 amide bonds. The van der Waals surface area contributed by atoms with E-state index in [1.165, 1.54) is 0 Å². The topological polar surface area (TPSA) is 26.3 Å². The molecule has 0 fully saturated rings. The maximum absolute atomic E-state index is 10.8. The summed E-state index contributed by atoms with van der Waals surface area (Å²) in [6, 6.07) is 9.97. The molecule has 0 aliphatic carbocycles. The van der Waals surface area contributed by atoms with E-state index in [0.29, 0.717) is 6.42 Å². The van der Waals surface area contributed by atoms with Gasteiger partial charge in [0.1, 0.15) is 11.5 Å². The van der Waals surface area contributed by atoms with Gasteiger partial charge in [0.15, 0.2) is 0 Å². The van der Waals surface area contributed by atoms with Crippen LogP contribution in [0.4, 0.5) is 0 Å². The minimum Gasteiger partial charge on any atom is -0.496 e. The average molecular weight is 218 g/mol. The number of hydrogen-bond donors (Lipinski definition) is 0. The molecule has 16 heavy (non-hydrogen) atoms. The molecule has 0 aromatic heterocycles. The monoisotopic (exact) mass is 218 g/mol. The summed E-state index contributed by atoms with van der Waals surface area (Å²) in [7, 11) is 1.67. The van der Waals surface area contributed by atoms with E-state index in [4.69, 9.17) is 4.74 Å². The lowest BCUT2D eigenvalue weighted by molar-refractivity contribution is -0.117. The largest absolute Gasteiger partial charge is 0.496 e. The number of ether oxygens (including phenoxy) is 1. The van der Waals surface area contributed by atoms with Gasteiger partial charge in [-0.25, -0.2) is 0 Å². The van der Waals surface area contributed by atoms with Crippen molar-refractivity contribution in [3.05, 3.63) is 42.0 Å².